The van der Waals surface area contributed by atoms with Crippen LogP contribution in [0, 0.1) is 0 Å². The maximum atomic E-state index is 9.85. The molecule has 0 fully saturated rings. The molecule has 0 spiro atoms. The summed E-state index contributed by atoms with van der Waals surface area (Å²) in [5.74, 6) is 1.43. The molecular formula is C15H26BN4O2S. The number of nitrogens with one attached hydrogen (secondary N) is 2. The molecule has 0 amide bonds. The highest BCUT2D eigenvalue weighted by Crippen LogP contribution is 2.38. The molecule has 23 heavy (non-hydrogen) atoms. The molecule has 0 saturated carbocycles. The summed E-state index contributed by atoms with van der Waals surface area (Å²) < 4.78 is 0. The zero-order chi connectivity index (χ0) is 16.8. The van der Waals surface area contributed by atoms with Crippen LogP contribution in [0.4, 0.5) is 0 Å². The number of amidine groups is 1. The molecule has 0 aromatic rings. The van der Waals surface area contributed by atoms with E-state index in [0.717, 1.165) is 24.2 Å². The molecule has 4 N–H and O–H groups in total. The Kier molecular flexibility index (Phi) is 7.14. The van der Waals surface area contributed by atoms with Crippen molar-refractivity contribution >= 4 is 30.8 Å². The van der Waals surface area contributed by atoms with Gasteiger partial charge in [-0.25, -0.2) is 0 Å². The van der Waals surface area contributed by atoms with Crippen molar-refractivity contribution in [3.63, 3.8) is 0 Å². The van der Waals surface area contributed by atoms with Crippen molar-refractivity contribution in [2.45, 2.75) is 57.2 Å². The second kappa shape index (κ2) is 8.87. The van der Waals surface area contributed by atoms with Gasteiger partial charge in [-0.3, -0.25) is 15.3 Å². The lowest BCUT2D eigenvalue weighted by molar-refractivity contribution is 0.125. The Morgan fingerprint density at radius 3 is 2.87 bits per heavy atom. The minimum Gasteiger partial charge on any atom is -0.453 e. The van der Waals surface area contributed by atoms with E-state index in [1.807, 2.05) is 19.9 Å². The third-order valence-corrected chi connectivity index (χ3v) is 5.12. The SMILES string of the molecule is CCCC1=NC(C2=CC(NC(O)NCC)=NC(C)C2[B]O)SC1. The van der Waals surface area contributed by atoms with Gasteiger partial charge in [-0.15, -0.1) is 11.8 Å². The van der Waals surface area contributed by atoms with Crippen LogP contribution in [-0.4, -0.2) is 59.2 Å². The summed E-state index contributed by atoms with van der Waals surface area (Å²) in [5, 5.41) is 25.3. The van der Waals surface area contributed by atoms with E-state index in [1.165, 1.54) is 13.2 Å². The average Bonchev–Trinajstić information content (AvgIpc) is 2.96. The predicted octanol–water partition coefficient (Wildman–Crippen LogP) is 0.902. The Labute approximate surface area is 143 Å². The van der Waals surface area contributed by atoms with Crippen LogP contribution in [0.3, 0.4) is 0 Å². The Morgan fingerprint density at radius 2 is 2.22 bits per heavy atom. The van der Waals surface area contributed by atoms with E-state index < -0.39 is 6.35 Å². The van der Waals surface area contributed by atoms with Crippen LogP contribution in [0.15, 0.2) is 21.6 Å². The Hall–Kier alpha value is -0.825. The molecule has 8 heteroatoms. The van der Waals surface area contributed by atoms with Crippen LogP contribution in [-0.2, 0) is 0 Å². The fraction of sp³-hybridized carbons (Fsp3) is 0.733. The molecule has 0 aliphatic carbocycles. The molecule has 0 saturated heterocycles. The number of aliphatic hydroxyl groups is 1. The van der Waals surface area contributed by atoms with E-state index in [4.69, 9.17) is 4.99 Å². The monoisotopic (exact) mass is 337 g/mol. The Morgan fingerprint density at radius 1 is 1.43 bits per heavy atom. The van der Waals surface area contributed by atoms with Gasteiger partial charge in [0.1, 0.15) is 11.2 Å². The number of thioether (sulfide) groups is 1. The van der Waals surface area contributed by atoms with Crippen molar-refractivity contribution in [3.05, 3.63) is 11.6 Å². The fourth-order valence-electron chi connectivity index (χ4n) is 2.79. The zero-order valence-corrected chi connectivity index (χ0v) is 14.8. The minimum atomic E-state index is -0.839. The van der Waals surface area contributed by atoms with Gasteiger partial charge in [-0.05, 0) is 31.5 Å². The summed E-state index contributed by atoms with van der Waals surface area (Å²) in [6.07, 6.45) is 3.19. The van der Waals surface area contributed by atoms with Crippen LogP contribution in [0.25, 0.3) is 0 Å². The number of hydrogen-bond donors (Lipinski definition) is 4. The second-order valence-corrected chi connectivity index (χ2v) is 6.86. The number of dihydropyridines is 1. The van der Waals surface area contributed by atoms with Gasteiger partial charge in [-0.2, -0.15) is 0 Å². The minimum absolute atomic E-state index is 0.0241. The van der Waals surface area contributed by atoms with Gasteiger partial charge in [0.25, 0.3) is 7.48 Å². The van der Waals surface area contributed by atoms with Crippen molar-refractivity contribution in [1.29, 1.82) is 0 Å². The molecule has 2 rings (SSSR count). The van der Waals surface area contributed by atoms with E-state index in [-0.39, 0.29) is 17.2 Å². The van der Waals surface area contributed by atoms with E-state index in [9.17, 15) is 10.1 Å². The quantitative estimate of drug-likeness (QED) is 0.409. The lowest BCUT2D eigenvalue weighted by Crippen LogP contribution is -2.46. The maximum Gasteiger partial charge on any atom is 0.297 e. The average molecular weight is 337 g/mol. The highest BCUT2D eigenvalue weighted by atomic mass is 32.2. The third kappa shape index (κ3) is 4.82. The van der Waals surface area contributed by atoms with Gasteiger partial charge in [0.15, 0.2) is 6.35 Å². The lowest BCUT2D eigenvalue weighted by Gasteiger charge is -2.29. The molecule has 1 radical (unpaired) electrons. The number of aliphatic hydroxyl groups excluding tert-OH is 1. The van der Waals surface area contributed by atoms with Gasteiger partial charge in [0.2, 0.25) is 0 Å². The van der Waals surface area contributed by atoms with Gasteiger partial charge in [0.05, 0.1) is 6.04 Å². The van der Waals surface area contributed by atoms with E-state index in [1.54, 1.807) is 11.8 Å². The van der Waals surface area contributed by atoms with E-state index in [0.29, 0.717) is 12.4 Å². The molecule has 2 aliphatic rings. The van der Waals surface area contributed by atoms with Gasteiger partial charge in [-0.1, -0.05) is 20.3 Å². The maximum absolute atomic E-state index is 9.85. The molecule has 0 bridgehead atoms. The largest absolute Gasteiger partial charge is 0.453 e. The fourth-order valence-corrected chi connectivity index (χ4v) is 4.00. The first-order chi connectivity index (χ1) is 11.1. The van der Waals surface area contributed by atoms with Gasteiger partial charge >= 0.3 is 0 Å². The third-order valence-electron chi connectivity index (χ3n) is 3.92. The highest BCUT2D eigenvalue weighted by Gasteiger charge is 2.33. The summed E-state index contributed by atoms with van der Waals surface area (Å²) in [6.45, 7) is 6.70. The first-order valence-corrected chi connectivity index (χ1v) is 9.25. The summed E-state index contributed by atoms with van der Waals surface area (Å²) in [6, 6.07) is -0.0950. The zero-order valence-electron chi connectivity index (χ0n) is 14.0. The van der Waals surface area contributed by atoms with E-state index >= 15 is 0 Å². The molecule has 2 aliphatic heterocycles. The number of hydrogen-bond acceptors (Lipinski definition) is 7. The van der Waals surface area contributed by atoms with Gasteiger partial charge in [0, 0.05) is 17.3 Å². The molecular weight excluding hydrogens is 311 g/mol. The molecule has 0 aromatic heterocycles. The predicted molar refractivity (Wildman–Crippen MR) is 98.1 cm³/mol. The first-order valence-electron chi connectivity index (χ1n) is 8.21. The molecule has 127 valence electrons. The highest BCUT2D eigenvalue weighted by molar-refractivity contribution is 8.01. The summed E-state index contributed by atoms with van der Waals surface area (Å²) in [5.41, 5.74) is 2.27. The lowest BCUT2D eigenvalue weighted by atomic mass is 9.69. The molecule has 4 unspecified atom stereocenters. The van der Waals surface area contributed by atoms with Crippen molar-refractivity contribution in [2.24, 2.45) is 9.98 Å². The summed E-state index contributed by atoms with van der Waals surface area (Å²) in [4.78, 5) is 9.32. The van der Waals surface area contributed by atoms with Crippen LogP contribution in [0.1, 0.15) is 33.6 Å². The van der Waals surface area contributed by atoms with Gasteiger partial charge < -0.3 is 15.4 Å². The number of rotatable bonds is 7. The number of aliphatic imine (C=N–C) groups is 2. The standard InChI is InChI=1S/C15H26BN4O2S/c1-4-6-10-8-23-14(19-10)11-7-12(20-15(21)17-5-2)18-9(3)13(11)16-22/h7,9,13-15,17,21-22H,4-6,8H2,1-3H3,(H,18,20). The smallest absolute Gasteiger partial charge is 0.297 e. The Balaban J connectivity index is 2.16. The van der Waals surface area contributed by atoms with Crippen molar-refractivity contribution in [3.8, 4) is 0 Å². The van der Waals surface area contributed by atoms with Crippen LogP contribution >= 0.6 is 11.8 Å². The Bertz CT molecular complexity index is 498. The van der Waals surface area contributed by atoms with Crippen LogP contribution in [0.2, 0.25) is 5.82 Å². The number of nitrogens with zero attached hydrogens (tertiary/aromatic N) is 2. The molecule has 6 nitrogen and oxygen atoms in total. The first kappa shape index (κ1) is 18.5. The van der Waals surface area contributed by atoms with Crippen LogP contribution in [0.5, 0.6) is 0 Å². The molecule has 2 heterocycles. The normalized spacial score (nSPS) is 28.7. The van der Waals surface area contributed by atoms with Crippen molar-refractivity contribution < 1.29 is 10.1 Å². The summed E-state index contributed by atoms with van der Waals surface area (Å²) >= 11 is 1.79. The van der Waals surface area contributed by atoms with E-state index in [2.05, 4.69) is 22.5 Å². The topological polar surface area (TPSA) is 89.2 Å². The van der Waals surface area contributed by atoms with Crippen molar-refractivity contribution in [2.75, 3.05) is 12.3 Å². The molecule has 4 atom stereocenters. The van der Waals surface area contributed by atoms with Crippen LogP contribution < -0.4 is 10.6 Å². The summed E-state index contributed by atoms with van der Waals surface area (Å²) in [7, 11) is 1.21. The van der Waals surface area contributed by atoms with Crippen molar-refractivity contribution in [1.82, 2.24) is 10.6 Å². The second-order valence-electron chi connectivity index (χ2n) is 5.79. The molecule has 0 aromatic carbocycles.